The van der Waals surface area contributed by atoms with Crippen LogP contribution in [0.4, 0.5) is 4.79 Å². The normalized spacial score (nSPS) is 24.2. The van der Waals surface area contributed by atoms with Crippen LogP contribution < -0.4 is 10.6 Å². The van der Waals surface area contributed by atoms with Crippen LogP contribution >= 0.6 is 0 Å². The number of hydrogen-bond acceptors (Lipinski definition) is 4. The Morgan fingerprint density at radius 2 is 1.79 bits per heavy atom. The second-order valence-corrected chi connectivity index (χ2v) is 5.92. The fourth-order valence-electron chi connectivity index (χ4n) is 1.70. The van der Waals surface area contributed by atoms with Crippen molar-refractivity contribution in [2.45, 2.75) is 31.3 Å². The van der Waals surface area contributed by atoms with E-state index in [2.05, 4.69) is 10.6 Å². The van der Waals surface area contributed by atoms with Crippen molar-refractivity contribution in [1.82, 2.24) is 10.6 Å². The fraction of sp³-hybridized carbons (Fsp3) is 0.700. The first-order chi connectivity index (χ1) is 8.88. The SMILES string of the molecule is O=C(O)C[C@@H](NC(=O)NC1CCS(=O)CC1)C(=O)O. The van der Waals surface area contributed by atoms with Crippen molar-refractivity contribution < 1.29 is 28.8 Å². The van der Waals surface area contributed by atoms with Gasteiger partial charge in [0, 0.05) is 28.3 Å². The number of hydrogen-bond donors (Lipinski definition) is 4. The second-order valence-electron chi connectivity index (χ2n) is 4.23. The van der Waals surface area contributed by atoms with Gasteiger partial charge in [-0.2, -0.15) is 0 Å². The Hall–Kier alpha value is -1.64. The number of carboxylic acids is 2. The van der Waals surface area contributed by atoms with Crippen molar-refractivity contribution in [2.24, 2.45) is 0 Å². The fourth-order valence-corrected chi connectivity index (χ4v) is 3.00. The van der Waals surface area contributed by atoms with Crippen molar-refractivity contribution in [3.63, 3.8) is 0 Å². The van der Waals surface area contributed by atoms with Crippen molar-refractivity contribution in [3.8, 4) is 0 Å². The molecule has 1 fully saturated rings. The highest BCUT2D eigenvalue weighted by Gasteiger charge is 2.25. The summed E-state index contributed by atoms with van der Waals surface area (Å²) < 4.78 is 11.1. The van der Waals surface area contributed by atoms with E-state index in [1.807, 2.05) is 0 Å². The van der Waals surface area contributed by atoms with Gasteiger partial charge in [0.15, 0.2) is 0 Å². The summed E-state index contributed by atoms with van der Waals surface area (Å²) in [5.74, 6) is -1.70. The van der Waals surface area contributed by atoms with Crippen LogP contribution in [0.5, 0.6) is 0 Å². The van der Waals surface area contributed by atoms with E-state index in [1.54, 1.807) is 0 Å². The Balaban J connectivity index is 2.42. The van der Waals surface area contributed by atoms with E-state index in [-0.39, 0.29) is 6.04 Å². The highest BCUT2D eigenvalue weighted by atomic mass is 32.2. The molecular formula is C10H16N2O6S. The molecule has 0 aliphatic carbocycles. The zero-order valence-electron chi connectivity index (χ0n) is 10.1. The number of rotatable bonds is 5. The van der Waals surface area contributed by atoms with E-state index in [4.69, 9.17) is 10.2 Å². The molecule has 8 nitrogen and oxygen atoms in total. The van der Waals surface area contributed by atoms with Crippen LogP contribution in [0.1, 0.15) is 19.3 Å². The molecule has 9 heteroatoms. The van der Waals surface area contributed by atoms with Gasteiger partial charge in [0.1, 0.15) is 6.04 Å². The Kier molecular flexibility index (Phi) is 5.74. The summed E-state index contributed by atoms with van der Waals surface area (Å²) in [5.41, 5.74) is 0. The number of urea groups is 1. The third-order valence-corrected chi connectivity index (χ3v) is 4.09. The number of carboxylic acid groups (broad SMARTS) is 2. The summed E-state index contributed by atoms with van der Waals surface area (Å²) in [5, 5.41) is 22.0. The van der Waals surface area contributed by atoms with Crippen LogP contribution in [-0.4, -0.2) is 56.0 Å². The van der Waals surface area contributed by atoms with Gasteiger partial charge in [-0.05, 0) is 12.8 Å². The predicted octanol–water partition coefficient (Wildman–Crippen LogP) is -0.875. The summed E-state index contributed by atoms with van der Waals surface area (Å²) in [6.45, 7) is 0. The molecule has 0 saturated carbocycles. The molecule has 1 atom stereocenters. The zero-order chi connectivity index (χ0) is 14.4. The third kappa shape index (κ3) is 5.69. The number of carbonyl (C=O) groups is 3. The lowest BCUT2D eigenvalue weighted by Crippen LogP contribution is -2.50. The second kappa shape index (κ2) is 7.07. The molecule has 108 valence electrons. The Labute approximate surface area is 112 Å². The summed E-state index contributed by atoms with van der Waals surface area (Å²) in [4.78, 5) is 32.7. The van der Waals surface area contributed by atoms with E-state index >= 15 is 0 Å². The molecule has 1 saturated heterocycles. The van der Waals surface area contributed by atoms with Crippen LogP contribution in [0.2, 0.25) is 0 Å². The molecule has 1 aliphatic rings. The average Bonchev–Trinajstić information content (AvgIpc) is 2.30. The van der Waals surface area contributed by atoms with E-state index < -0.39 is 41.2 Å². The Morgan fingerprint density at radius 3 is 2.26 bits per heavy atom. The van der Waals surface area contributed by atoms with Crippen molar-refractivity contribution in [2.75, 3.05) is 11.5 Å². The van der Waals surface area contributed by atoms with Crippen molar-refractivity contribution >= 4 is 28.8 Å². The van der Waals surface area contributed by atoms with Crippen LogP contribution in [0, 0.1) is 0 Å². The maximum atomic E-state index is 11.5. The molecule has 1 aliphatic heterocycles. The van der Waals surface area contributed by atoms with Crippen LogP contribution in [0.15, 0.2) is 0 Å². The lowest BCUT2D eigenvalue weighted by molar-refractivity contribution is -0.145. The lowest BCUT2D eigenvalue weighted by Gasteiger charge is -2.23. The van der Waals surface area contributed by atoms with Gasteiger partial charge in [-0.3, -0.25) is 9.00 Å². The van der Waals surface area contributed by atoms with Crippen molar-refractivity contribution in [3.05, 3.63) is 0 Å². The molecule has 2 amide bonds. The Bertz CT molecular complexity index is 389. The van der Waals surface area contributed by atoms with E-state index in [0.29, 0.717) is 24.3 Å². The lowest BCUT2D eigenvalue weighted by atomic mass is 10.1. The minimum absolute atomic E-state index is 0.156. The maximum Gasteiger partial charge on any atom is 0.326 e. The average molecular weight is 292 g/mol. The molecule has 0 spiro atoms. The minimum atomic E-state index is -1.46. The molecule has 0 aromatic carbocycles. The highest BCUT2D eigenvalue weighted by molar-refractivity contribution is 7.85. The third-order valence-electron chi connectivity index (χ3n) is 2.71. The molecule has 0 aromatic heterocycles. The predicted molar refractivity (Wildman–Crippen MR) is 66.2 cm³/mol. The first kappa shape index (κ1) is 15.4. The number of nitrogens with one attached hydrogen (secondary N) is 2. The molecule has 19 heavy (non-hydrogen) atoms. The quantitative estimate of drug-likeness (QED) is 0.520. The van der Waals surface area contributed by atoms with Crippen LogP contribution in [0.25, 0.3) is 0 Å². The summed E-state index contributed by atoms with van der Waals surface area (Å²) in [6.07, 6.45) is 0.449. The van der Waals surface area contributed by atoms with Gasteiger partial charge in [0.2, 0.25) is 0 Å². The van der Waals surface area contributed by atoms with Gasteiger partial charge >= 0.3 is 18.0 Å². The highest BCUT2D eigenvalue weighted by Crippen LogP contribution is 2.08. The topological polar surface area (TPSA) is 133 Å². The van der Waals surface area contributed by atoms with E-state index in [9.17, 15) is 18.6 Å². The first-order valence-corrected chi connectivity index (χ1v) is 7.24. The maximum absolute atomic E-state index is 11.5. The van der Waals surface area contributed by atoms with Gasteiger partial charge in [0.25, 0.3) is 0 Å². The molecular weight excluding hydrogens is 276 g/mol. The Morgan fingerprint density at radius 1 is 1.21 bits per heavy atom. The van der Waals surface area contributed by atoms with Crippen molar-refractivity contribution in [1.29, 1.82) is 0 Å². The molecule has 1 heterocycles. The number of amides is 2. The van der Waals surface area contributed by atoms with Gasteiger partial charge < -0.3 is 20.8 Å². The monoisotopic (exact) mass is 292 g/mol. The smallest absolute Gasteiger partial charge is 0.326 e. The first-order valence-electron chi connectivity index (χ1n) is 5.75. The summed E-state index contributed by atoms with van der Waals surface area (Å²) >= 11 is 0. The molecule has 1 rings (SSSR count). The van der Waals surface area contributed by atoms with E-state index in [1.165, 1.54) is 0 Å². The molecule has 0 unspecified atom stereocenters. The van der Waals surface area contributed by atoms with Crippen LogP contribution in [0.3, 0.4) is 0 Å². The van der Waals surface area contributed by atoms with Gasteiger partial charge in [-0.25, -0.2) is 9.59 Å². The summed E-state index contributed by atoms with van der Waals surface area (Å²) in [7, 11) is -0.845. The van der Waals surface area contributed by atoms with E-state index in [0.717, 1.165) is 0 Å². The molecule has 0 aromatic rings. The minimum Gasteiger partial charge on any atom is -0.481 e. The molecule has 4 N–H and O–H groups in total. The number of aliphatic carboxylic acids is 2. The zero-order valence-corrected chi connectivity index (χ0v) is 10.9. The van der Waals surface area contributed by atoms with Gasteiger partial charge in [0.05, 0.1) is 6.42 Å². The standard InChI is InChI=1S/C10H16N2O6S/c13-8(14)5-7(9(15)16)12-10(17)11-6-1-3-19(18)4-2-6/h6-7H,1-5H2,(H,13,14)(H,15,16)(H2,11,12,17)/t6?,7-,19?/m1/s1. The van der Waals surface area contributed by atoms with Crippen LogP contribution in [-0.2, 0) is 20.4 Å². The summed E-state index contributed by atoms with van der Waals surface area (Å²) in [6, 6.07) is -2.33. The molecule has 0 bridgehead atoms. The molecule has 0 radical (unpaired) electrons. The largest absolute Gasteiger partial charge is 0.481 e. The van der Waals surface area contributed by atoms with Gasteiger partial charge in [-0.1, -0.05) is 0 Å². The van der Waals surface area contributed by atoms with Gasteiger partial charge in [-0.15, -0.1) is 0 Å². The number of carbonyl (C=O) groups excluding carboxylic acids is 1.